The fourth-order valence-corrected chi connectivity index (χ4v) is 4.79. The fraction of sp³-hybridized carbons (Fsp3) is 0.452. The molecule has 0 saturated heterocycles. The van der Waals surface area contributed by atoms with Gasteiger partial charge in [-0.05, 0) is 67.4 Å². The number of ketones is 1. The normalized spacial score (nSPS) is 21.3. The molecule has 1 aliphatic carbocycles. The maximum Gasteiger partial charge on any atom is 0.199 e. The van der Waals surface area contributed by atoms with Crippen LogP contribution in [-0.4, -0.2) is 44.0 Å². The highest BCUT2D eigenvalue weighted by atomic mass is 16.5. The second-order valence-electron chi connectivity index (χ2n) is 9.56. The van der Waals surface area contributed by atoms with Crippen molar-refractivity contribution in [3.63, 3.8) is 0 Å². The molecule has 2 aromatic rings. The third-order valence-electron chi connectivity index (χ3n) is 7.09. The molecule has 2 N–H and O–H groups in total. The molecule has 2 atom stereocenters. The molecule has 3 rings (SSSR count). The van der Waals surface area contributed by atoms with Gasteiger partial charge in [-0.1, -0.05) is 55.5 Å². The standard InChI is InChI=1S/C31H42N2O3/c1-4-33(21-20-32)29-12-8-9-24(2)27(16-13-25-10-6-5-7-11-25)23-30(34)31(29)36-22-19-26-14-17-28(35-3)18-15-26/h5-8,10-12,14-15,17-18,24,27H,4,9,13,16,19-23,32H2,1-3H3/b12-8+,31-29-. The number of nitrogens with two attached hydrogens (primary N) is 1. The van der Waals surface area contributed by atoms with Gasteiger partial charge in [0.05, 0.1) is 19.4 Å². The molecule has 0 fully saturated rings. The van der Waals surface area contributed by atoms with Crippen molar-refractivity contribution >= 4 is 5.78 Å². The number of Topliss-reactive ketones (excluding diaryl/α,β-unsaturated/α-hetero) is 1. The summed E-state index contributed by atoms with van der Waals surface area (Å²) in [6.45, 7) is 6.77. The van der Waals surface area contributed by atoms with Crippen LogP contribution in [0.15, 0.2) is 78.2 Å². The average molecular weight is 491 g/mol. The van der Waals surface area contributed by atoms with Crippen LogP contribution in [0, 0.1) is 11.8 Å². The summed E-state index contributed by atoms with van der Waals surface area (Å²) in [6.07, 6.45) is 8.40. The second kappa shape index (κ2) is 14.5. The van der Waals surface area contributed by atoms with Crippen LogP contribution in [-0.2, 0) is 22.4 Å². The van der Waals surface area contributed by atoms with E-state index in [0.29, 0.717) is 50.1 Å². The molecular formula is C31H42N2O3. The first-order valence-electron chi connectivity index (χ1n) is 13.2. The molecule has 0 aromatic heterocycles. The number of ether oxygens (including phenoxy) is 2. The third kappa shape index (κ3) is 7.99. The minimum absolute atomic E-state index is 0.0895. The van der Waals surface area contributed by atoms with Gasteiger partial charge in [0.1, 0.15) is 5.75 Å². The van der Waals surface area contributed by atoms with Crippen LogP contribution in [0.3, 0.4) is 0 Å². The van der Waals surface area contributed by atoms with Crippen molar-refractivity contribution in [2.45, 2.75) is 46.0 Å². The third-order valence-corrected chi connectivity index (χ3v) is 7.09. The van der Waals surface area contributed by atoms with Gasteiger partial charge in [0.25, 0.3) is 0 Å². The Bertz CT molecular complexity index is 998. The summed E-state index contributed by atoms with van der Waals surface area (Å²) in [7, 11) is 1.66. The molecule has 36 heavy (non-hydrogen) atoms. The van der Waals surface area contributed by atoms with E-state index in [-0.39, 0.29) is 5.78 Å². The zero-order chi connectivity index (χ0) is 25.8. The van der Waals surface area contributed by atoms with Crippen LogP contribution >= 0.6 is 0 Å². The van der Waals surface area contributed by atoms with E-state index in [0.717, 1.165) is 42.8 Å². The van der Waals surface area contributed by atoms with Gasteiger partial charge in [-0.15, -0.1) is 0 Å². The highest BCUT2D eigenvalue weighted by molar-refractivity contribution is 5.94. The molecule has 2 aromatic carbocycles. The van der Waals surface area contributed by atoms with E-state index < -0.39 is 0 Å². The number of carbonyl (C=O) groups excluding carboxylic acids is 1. The number of hydrogen-bond acceptors (Lipinski definition) is 5. The Hall–Kier alpha value is -3.05. The highest BCUT2D eigenvalue weighted by Gasteiger charge is 2.27. The number of aryl methyl sites for hydroxylation is 1. The van der Waals surface area contributed by atoms with Crippen LogP contribution in [0.1, 0.15) is 44.2 Å². The number of nitrogens with zero attached hydrogens (tertiary/aromatic N) is 1. The Morgan fingerprint density at radius 1 is 1.03 bits per heavy atom. The van der Waals surface area contributed by atoms with E-state index in [1.165, 1.54) is 5.56 Å². The minimum Gasteiger partial charge on any atom is -0.497 e. The lowest BCUT2D eigenvalue weighted by molar-refractivity contribution is -0.120. The van der Waals surface area contributed by atoms with Gasteiger partial charge in [0.2, 0.25) is 0 Å². The Morgan fingerprint density at radius 2 is 1.75 bits per heavy atom. The lowest BCUT2D eigenvalue weighted by Crippen LogP contribution is -2.31. The molecule has 0 saturated carbocycles. The van der Waals surface area contributed by atoms with Gasteiger partial charge in [0.15, 0.2) is 11.5 Å². The Balaban J connectivity index is 1.79. The van der Waals surface area contributed by atoms with Crippen LogP contribution in [0.4, 0.5) is 0 Å². The highest BCUT2D eigenvalue weighted by Crippen LogP contribution is 2.30. The summed E-state index contributed by atoms with van der Waals surface area (Å²) >= 11 is 0. The maximum atomic E-state index is 13.8. The fourth-order valence-electron chi connectivity index (χ4n) is 4.79. The number of benzene rings is 2. The van der Waals surface area contributed by atoms with Gasteiger partial charge in [0, 0.05) is 32.5 Å². The molecule has 0 spiro atoms. The van der Waals surface area contributed by atoms with Gasteiger partial charge >= 0.3 is 0 Å². The first kappa shape index (κ1) is 27.5. The molecule has 194 valence electrons. The number of carbonyl (C=O) groups is 1. The van der Waals surface area contributed by atoms with Crippen LogP contribution in [0.2, 0.25) is 0 Å². The molecule has 5 heteroatoms. The molecular weight excluding hydrogens is 448 g/mol. The predicted octanol–water partition coefficient (Wildman–Crippen LogP) is 5.55. The van der Waals surface area contributed by atoms with Crippen LogP contribution in [0.5, 0.6) is 5.75 Å². The van der Waals surface area contributed by atoms with E-state index in [1.54, 1.807) is 7.11 Å². The van der Waals surface area contributed by atoms with Gasteiger partial charge in [-0.2, -0.15) is 0 Å². The molecule has 1 aliphatic rings. The van der Waals surface area contributed by atoms with Gasteiger partial charge in [-0.25, -0.2) is 0 Å². The van der Waals surface area contributed by atoms with Crippen LogP contribution in [0.25, 0.3) is 0 Å². The average Bonchev–Trinajstić information content (AvgIpc) is 2.96. The molecule has 5 nitrogen and oxygen atoms in total. The van der Waals surface area contributed by atoms with Crippen LogP contribution < -0.4 is 10.5 Å². The zero-order valence-electron chi connectivity index (χ0n) is 22.1. The smallest absolute Gasteiger partial charge is 0.199 e. The predicted molar refractivity (Wildman–Crippen MR) is 147 cm³/mol. The first-order valence-corrected chi connectivity index (χ1v) is 13.2. The van der Waals surface area contributed by atoms with Crippen molar-refractivity contribution in [3.8, 4) is 5.75 Å². The summed E-state index contributed by atoms with van der Waals surface area (Å²) < 4.78 is 11.6. The Labute approximate surface area is 217 Å². The number of likely N-dealkylation sites (N-methyl/N-ethyl adjacent to an activating group) is 1. The zero-order valence-corrected chi connectivity index (χ0v) is 22.1. The molecule has 0 aliphatic heterocycles. The van der Waals surface area contributed by atoms with Crippen molar-refractivity contribution in [1.82, 2.24) is 4.90 Å². The van der Waals surface area contributed by atoms with E-state index in [9.17, 15) is 4.79 Å². The number of methoxy groups -OCH3 is 1. The van der Waals surface area contributed by atoms with E-state index >= 15 is 0 Å². The Kier molecular flexibility index (Phi) is 11.1. The maximum absolute atomic E-state index is 13.8. The molecule has 0 radical (unpaired) electrons. The monoisotopic (exact) mass is 490 g/mol. The lowest BCUT2D eigenvalue weighted by Gasteiger charge is -2.26. The van der Waals surface area contributed by atoms with E-state index in [4.69, 9.17) is 15.2 Å². The molecule has 2 unspecified atom stereocenters. The van der Waals surface area contributed by atoms with Gasteiger partial charge < -0.3 is 20.1 Å². The number of hydrogen-bond donors (Lipinski definition) is 1. The summed E-state index contributed by atoms with van der Waals surface area (Å²) in [5.74, 6) is 2.11. The minimum atomic E-state index is 0.0895. The topological polar surface area (TPSA) is 64.8 Å². The quantitative estimate of drug-likeness (QED) is 0.423. The summed E-state index contributed by atoms with van der Waals surface area (Å²) in [4.78, 5) is 15.9. The van der Waals surface area contributed by atoms with Gasteiger partial charge in [-0.3, -0.25) is 4.79 Å². The summed E-state index contributed by atoms with van der Waals surface area (Å²) in [6, 6.07) is 18.5. The van der Waals surface area contributed by atoms with Crippen molar-refractivity contribution in [3.05, 3.63) is 89.3 Å². The summed E-state index contributed by atoms with van der Waals surface area (Å²) in [5, 5.41) is 0. The van der Waals surface area contributed by atoms with Crippen molar-refractivity contribution in [2.24, 2.45) is 17.6 Å². The van der Waals surface area contributed by atoms with E-state index in [2.05, 4.69) is 55.2 Å². The lowest BCUT2D eigenvalue weighted by atomic mass is 9.83. The second-order valence-corrected chi connectivity index (χ2v) is 9.56. The molecule has 0 amide bonds. The largest absolute Gasteiger partial charge is 0.497 e. The first-order chi connectivity index (χ1) is 17.5. The molecule has 0 bridgehead atoms. The number of rotatable bonds is 12. The van der Waals surface area contributed by atoms with Crippen molar-refractivity contribution < 1.29 is 14.3 Å². The van der Waals surface area contributed by atoms with Crippen molar-refractivity contribution in [1.29, 1.82) is 0 Å². The Morgan fingerprint density at radius 3 is 2.42 bits per heavy atom. The SMILES string of the molecule is CCN(CCN)C1=C(\OCCc2ccc(OC)cc2)C(=O)CC(CCc2ccccc2)C(C)C\C=C\1. The summed E-state index contributed by atoms with van der Waals surface area (Å²) in [5.41, 5.74) is 9.23. The van der Waals surface area contributed by atoms with E-state index in [1.807, 2.05) is 30.3 Å². The molecule has 0 heterocycles. The van der Waals surface area contributed by atoms with Crippen molar-refractivity contribution in [2.75, 3.05) is 33.4 Å². The number of allylic oxidation sites excluding steroid dienone is 3.